The summed E-state index contributed by atoms with van der Waals surface area (Å²) in [5.74, 6) is -0.146. The van der Waals surface area contributed by atoms with Gasteiger partial charge in [-0.3, -0.25) is 9.78 Å². The standard InChI is InChI=1S/C16H19N3O/c1-19(2)12-14-8-6-13(7-9-14)11-18-16(20)15-5-3-4-10-17-15/h3-10H,11-12H2,1-2H3,(H,18,20)/p+1. The highest BCUT2D eigenvalue weighted by atomic mass is 16.1. The number of nitrogens with one attached hydrogen (secondary N) is 2. The second-order valence-corrected chi connectivity index (χ2v) is 5.10. The number of pyridine rings is 1. The molecule has 0 aliphatic carbocycles. The molecule has 0 spiro atoms. The van der Waals surface area contributed by atoms with Crippen molar-refractivity contribution in [3.05, 3.63) is 65.5 Å². The molecule has 1 aromatic carbocycles. The number of carbonyl (C=O) groups is 1. The molecule has 0 saturated carbocycles. The van der Waals surface area contributed by atoms with Crippen LogP contribution in [0.1, 0.15) is 21.6 Å². The van der Waals surface area contributed by atoms with E-state index >= 15 is 0 Å². The fourth-order valence-corrected chi connectivity index (χ4v) is 1.95. The summed E-state index contributed by atoms with van der Waals surface area (Å²) in [4.78, 5) is 17.3. The Hall–Kier alpha value is -2.20. The highest BCUT2D eigenvalue weighted by molar-refractivity contribution is 5.92. The molecular formula is C16H20N3O+. The molecule has 4 nitrogen and oxygen atoms in total. The summed E-state index contributed by atoms with van der Waals surface area (Å²) in [5, 5.41) is 2.87. The Bertz CT molecular complexity index is 550. The van der Waals surface area contributed by atoms with E-state index in [1.54, 1.807) is 24.4 Å². The molecule has 0 unspecified atom stereocenters. The first-order valence-electron chi connectivity index (χ1n) is 6.71. The predicted octanol–water partition coefficient (Wildman–Crippen LogP) is 0.656. The Balaban J connectivity index is 1.89. The Labute approximate surface area is 119 Å². The Morgan fingerprint density at radius 3 is 2.40 bits per heavy atom. The molecule has 0 atom stereocenters. The van der Waals surface area contributed by atoms with Crippen LogP contribution in [-0.2, 0) is 13.1 Å². The predicted molar refractivity (Wildman–Crippen MR) is 78.4 cm³/mol. The molecule has 0 radical (unpaired) electrons. The summed E-state index contributed by atoms with van der Waals surface area (Å²) in [6.07, 6.45) is 1.62. The molecule has 0 bridgehead atoms. The summed E-state index contributed by atoms with van der Waals surface area (Å²) in [7, 11) is 4.25. The molecule has 1 amide bonds. The monoisotopic (exact) mass is 270 g/mol. The second-order valence-electron chi connectivity index (χ2n) is 5.10. The maximum atomic E-state index is 11.9. The van der Waals surface area contributed by atoms with Crippen LogP contribution in [0.2, 0.25) is 0 Å². The molecule has 2 rings (SSSR count). The van der Waals surface area contributed by atoms with Crippen molar-refractivity contribution >= 4 is 5.91 Å². The summed E-state index contributed by atoms with van der Waals surface area (Å²) in [5.41, 5.74) is 2.83. The summed E-state index contributed by atoms with van der Waals surface area (Å²) in [6, 6.07) is 13.6. The van der Waals surface area contributed by atoms with Crippen molar-refractivity contribution in [2.24, 2.45) is 0 Å². The van der Waals surface area contributed by atoms with Crippen molar-refractivity contribution in [3.8, 4) is 0 Å². The Kier molecular flexibility index (Phi) is 4.85. The van der Waals surface area contributed by atoms with Gasteiger partial charge in [-0.05, 0) is 17.7 Å². The van der Waals surface area contributed by atoms with E-state index < -0.39 is 0 Å². The molecule has 0 aliphatic rings. The van der Waals surface area contributed by atoms with E-state index in [1.165, 1.54) is 10.5 Å². The largest absolute Gasteiger partial charge is 0.347 e. The summed E-state index contributed by atoms with van der Waals surface area (Å²) < 4.78 is 0. The Morgan fingerprint density at radius 1 is 1.10 bits per heavy atom. The van der Waals surface area contributed by atoms with Crippen molar-refractivity contribution in [2.45, 2.75) is 13.1 Å². The molecule has 4 heteroatoms. The van der Waals surface area contributed by atoms with E-state index in [9.17, 15) is 4.79 Å². The topological polar surface area (TPSA) is 46.4 Å². The lowest BCUT2D eigenvalue weighted by Crippen LogP contribution is -3.04. The van der Waals surface area contributed by atoms with Gasteiger partial charge < -0.3 is 10.2 Å². The molecule has 104 valence electrons. The number of rotatable bonds is 5. The van der Waals surface area contributed by atoms with E-state index in [2.05, 4.69) is 48.7 Å². The number of aromatic nitrogens is 1. The summed E-state index contributed by atoms with van der Waals surface area (Å²) in [6.45, 7) is 1.52. The third kappa shape index (κ3) is 4.17. The summed E-state index contributed by atoms with van der Waals surface area (Å²) >= 11 is 0. The first-order chi connectivity index (χ1) is 9.65. The van der Waals surface area contributed by atoms with Crippen LogP contribution in [0.4, 0.5) is 0 Å². The van der Waals surface area contributed by atoms with Gasteiger partial charge in [0.1, 0.15) is 12.2 Å². The lowest BCUT2D eigenvalue weighted by Gasteiger charge is -2.08. The lowest BCUT2D eigenvalue weighted by atomic mass is 10.1. The van der Waals surface area contributed by atoms with Crippen LogP contribution < -0.4 is 10.2 Å². The molecule has 1 aromatic heterocycles. The second kappa shape index (κ2) is 6.82. The number of amides is 1. The first-order valence-corrected chi connectivity index (χ1v) is 6.71. The maximum absolute atomic E-state index is 11.9. The van der Waals surface area contributed by atoms with Gasteiger partial charge in [0.25, 0.3) is 5.91 Å². The highest BCUT2D eigenvalue weighted by Gasteiger charge is 2.05. The molecule has 0 fully saturated rings. The third-order valence-corrected chi connectivity index (χ3v) is 2.93. The van der Waals surface area contributed by atoms with Gasteiger partial charge in [0, 0.05) is 18.3 Å². The van der Waals surface area contributed by atoms with Gasteiger partial charge in [0.15, 0.2) is 0 Å². The minimum atomic E-state index is -0.146. The number of quaternary nitrogens is 1. The zero-order chi connectivity index (χ0) is 14.4. The number of hydrogen-bond donors (Lipinski definition) is 2. The normalized spacial score (nSPS) is 10.6. The average Bonchev–Trinajstić information content (AvgIpc) is 2.46. The molecule has 2 aromatic rings. The fourth-order valence-electron chi connectivity index (χ4n) is 1.95. The maximum Gasteiger partial charge on any atom is 0.270 e. The first kappa shape index (κ1) is 14.2. The smallest absolute Gasteiger partial charge is 0.270 e. The van der Waals surface area contributed by atoms with Crippen LogP contribution in [0.15, 0.2) is 48.7 Å². The lowest BCUT2D eigenvalue weighted by molar-refractivity contribution is -0.872. The van der Waals surface area contributed by atoms with Crippen LogP contribution in [0.3, 0.4) is 0 Å². The zero-order valence-electron chi connectivity index (χ0n) is 11.9. The average molecular weight is 270 g/mol. The van der Waals surface area contributed by atoms with E-state index in [0.717, 1.165) is 12.1 Å². The van der Waals surface area contributed by atoms with Crippen molar-refractivity contribution in [1.82, 2.24) is 10.3 Å². The number of benzene rings is 1. The number of carbonyl (C=O) groups excluding carboxylic acids is 1. The number of hydrogen-bond acceptors (Lipinski definition) is 2. The van der Waals surface area contributed by atoms with Gasteiger partial charge in [-0.25, -0.2) is 0 Å². The van der Waals surface area contributed by atoms with Crippen molar-refractivity contribution in [3.63, 3.8) is 0 Å². The molecular weight excluding hydrogens is 250 g/mol. The van der Waals surface area contributed by atoms with Gasteiger partial charge in [-0.1, -0.05) is 30.3 Å². The van der Waals surface area contributed by atoms with Gasteiger partial charge in [-0.15, -0.1) is 0 Å². The van der Waals surface area contributed by atoms with E-state index in [0.29, 0.717) is 12.2 Å². The van der Waals surface area contributed by atoms with Crippen LogP contribution in [0, 0.1) is 0 Å². The Morgan fingerprint density at radius 2 is 1.80 bits per heavy atom. The van der Waals surface area contributed by atoms with Crippen LogP contribution in [0.5, 0.6) is 0 Å². The van der Waals surface area contributed by atoms with Crippen LogP contribution in [0.25, 0.3) is 0 Å². The van der Waals surface area contributed by atoms with Gasteiger partial charge >= 0.3 is 0 Å². The molecule has 1 heterocycles. The highest BCUT2D eigenvalue weighted by Crippen LogP contribution is 2.04. The van der Waals surface area contributed by atoms with E-state index in [1.807, 2.05) is 0 Å². The molecule has 20 heavy (non-hydrogen) atoms. The van der Waals surface area contributed by atoms with Crippen LogP contribution in [-0.4, -0.2) is 25.0 Å². The van der Waals surface area contributed by atoms with Crippen molar-refractivity contribution in [2.75, 3.05) is 14.1 Å². The minimum absolute atomic E-state index is 0.146. The molecule has 0 saturated heterocycles. The zero-order valence-corrected chi connectivity index (χ0v) is 11.9. The van der Waals surface area contributed by atoms with Gasteiger partial charge in [0.05, 0.1) is 14.1 Å². The van der Waals surface area contributed by atoms with Crippen LogP contribution >= 0.6 is 0 Å². The fraction of sp³-hybridized carbons (Fsp3) is 0.250. The van der Waals surface area contributed by atoms with Gasteiger partial charge in [0.2, 0.25) is 0 Å². The minimum Gasteiger partial charge on any atom is -0.347 e. The molecule has 0 aliphatic heterocycles. The van der Waals surface area contributed by atoms with E-state index in [-0.39, 0.29) is 5.91 Å². The van der Waals surface area contributed by atoms with E-state index in [4.69, 9.17) is 0 Å². The SMILES string of the molecule is C[NH+](C)Cc1ccc(CNC(=O)c2ccccn2)cc1. The number of nitrogens with zero attached hydrogens (tertiary/aromatic N) is 1. The van der Waals surface area contributed by atoms with Crippen molar-refractivity contribution in [1.29, 1.82) is 0 Å². The quantitative estimate of drug-likeness (QED) is 0.838. The third-order valence-electron chi connectivity index (χ3n) is 2.93. The molecule has 2 N–H and O–H groups in total. The van der Waals surface area contributed by atoms with Crippen molar-refractivity contribution < 1.29 is 9.69 Å². The van der Waals surface area contributed by atoms with Gasteiger partial charge in [-0.2, -0.15) is 0 Å².